The normalized spacial score (nSPS) is 16.4. The van der Waals surface area contributed by atoms with Gasteiger partial charge in [-0.1, -0.05) is 0 Å². The van der Waals surface area contributed by atoms with Crippen molar-refractivity contribution in [3.8, 4) is 5.69 Å². The minimum absolute atomic E-state index is 0. The molecule has 3 rings (SSSR count). The summed E-state index contributed by atoms with van der Waals surface area (Å²) in [6.45, 7) is 2.78. The van der Waals surface area contributed by atoms with E-state index < -0.39 is 0 Å². The Bertz CT molecular complexity index is 657. The lowest BCUT2D eigenvalue weighted by Crippen LogP contribution is -2.33. The highest BCUT2D eigenvalue weighted by Crippen LogP contribution is 2.14. The van der Waals surface area contributed by atoms with Crippen LogP contribution in [0.25, 0.3) is 5.69 Å². The number of hydrogen-bond acceptors (Lipinski definition) is 3. The molecule has 1 saturated heterocycles. The van der Waals surface area contributed by atoms with Crippen molar-refractivity contribution in [2.45, 2.75) is 19.3 Å². The molecule has 1 aliphatic heterocycles. The Morgan fingerprint density at radius 2 is 2.08 bits per heavy atom. The maximum Gasteiger partial charge on any atom is 0.269 e. The van der Waals surface area contributed by atoms with E-state index in [2.05, 4.69) is 15.6 Å². The molecule has 1 aromatic heterocycles. The molecule has 1 amide bonds. The molecule has 8 heteroatoms. The van der Waals surface area contributed by atoms with Crippen LogP contribution < -0.4 is 10.6 Å². The fourth-order valence-electron chi connectivity index (χ4n) is 2.92. The summed E-state index contributed by atoms with van der Waals surface area (Å²) in [5.41, 5.74) is 1.17. The lowest BCUT2D eigenvalue weighted by molar-refractivity contribution is 0.0944. The van der Waals surface area contributed by atoms with Crippen molar-refractivity contribution in [3.05, 3.63) is 48.3 Å². The van der Waals surface area contributed by atoms with E-state index in [4.69, 9.17) is 0 Å². The highest BCUT2D eigenvalue weighted by Gasteiger charge is 2.15. The van der Waals surface area contributed by atoms with Crippen LogP contribution in [0.1, 0.15) is 29.8 Å². The average molecular weight is 389 g/mol. The third-order valence-electron chi connectivity index (χ3n) is 4.21. The molecule has 0 aliphatic carbocycles. The van der Waals surface area contributed by atoms with E-state index in [-0.39, 0.29) is 36.5 Å². The molecule has 0 spiro atoms. The minimum Gasteiger partial charge on any atom is -0.351 e. The second-order valence-electron chi connectivity index (χ2n) is 5.88. The second-order valence-corrected chi connectivity index (χ2v) is 5.88. The number of nitrogens with zero attached hydrogens (tertiary/aromatic N) is 2. The van der Waals surface area contributed by atoms with E-state index in [1.807, 2.05) is 0 Å². The summed E-state index contributed by atoms with van der Waals surface area (Å²) in [4.78, 5) is 16.4. The number of amides is 1. The molecule has 2 aromatic rings. The minimum atomic E-state index is -0.305. The number of piperidine rings is 1. The molecule has 0 bridgehead atoms. The van der Waals surface area contributed by atoms with Crippen molar-refractivity contribution in [1.82, 2.24) is 20.2 Å². The zero-order valence-corrected chi connectivity index (χ0v) is 15.4. The number of carbonyl (C=O) groups excluding carboxylic acids is 1. The summed E-state index contributed by atoms with van der Waals surface area (Å²) in [7, 11) is 0. The number of benzene rings is 1. The van der Waals surface area contributed by atoms with E-state index in [1.165, 1.54) is 31.2 Å². The first-order chi connectivity index (χ1) is 11.2. The van der Waals surface area contributed by atoms with Gasteiger partial charge in [-0.2, -0.15) is 0 Å². The van der Waals surface area contributed by atoms with Crippen LogP contribution in [0.3, 0.4) is 0 Å². The Kier molecular flexibility index (Phi) is 8.89. The second kappa shape index (κ2) is 10.4. The number of rotatable bonds is 5. The maximum atomic E-state index is 13.0. The quantitative estimate of drug-likeness (QED) is 0.827. The number of imidazole rings is 1. The van der Waals surface area contributed by atoms with Gasteiger partial charge in [-0.25, -0.2) is 9.37 Å². The largest absolute Gasteiger partial charge is 0.351 e. The third-order valence-corrected chi connectivity index (χ3v) is 4.21. The Balaban J connectivity index is 0.00000156. The number of halogens is 3. The SMILES string of the molecule is Cl.Cl.O=C(NCCC1CCCNC1)c1cncn1-c1ccc(F)cc1. The smallest absolute Gasteiger partial charge is 0.269 e. The van der Waals surface area contributed by atoms with E-state index in [0.29, 0.717) is 23.8 Å². The molecular formula is C17H23Cl2FN4O. The van der Waals surface area contributed by atoms with Crippen molar-refractivity contribution in [1.29, 1.82) is 0 Å². The Morgan fingerprint density at radius 3 is 2.76 bits per heavy atom. The van der Waals surface area contributed by atoms with Gasteiger partial charge in [0.15, 0.2) is 0 Å². The van der Waals surface area contributed by atoms with Crippen LogP contribution in [0.5, 0.6) is 0 Å². The summed E-state index contributed by atoms with van der Waals surface area (Å²) in [5, 5.41) is 6.33. The van der Waals surface area contributed by atoms with Gasteiger partial charge >= 0.3 is 0 Å². The molecule has 1 fully saturated rings. The van der Waals surface area contributed by atoms with Gasteiger partial charge in [0.05, 0.1) is 12.5 Å². The van der Waals surface area contributed by atoms with Crippen molar-refractivity contribution in [2.75, 3.05) is 19.6 Å². The molecule has 25 heavy (non-hydrogen) atoms. The van der Waals surface area contributed by atoms with Gasteiger partial charge in [0.1, 0.15) is 11.5 Å². The standard InChI is InChI=1S/C17H21FN4O.2ClH/c18-14-3-5-15(6-4-14)22-12-20-11-16(22)17(23)21-9-7-13-2-1-8-19-10-13;;/h3-6,11-13,19H,1-2,7-10H2,(H,21,23);2*1H. The van der Waals surface area contributed by atoms with Gasteiger partial charge in [-0.3, -0.25) is 9.36 Å². The fraction of sp³-hybridized carbons (Fsp3) is 0.412. The summed E-state index contributed by atoms with van der Waals surface area (Å²) in [5.74, 6) is 0.169. The number of carbonyl (C=O) groups is 1. The Morgan fingerprint density at radius 1 is 1.32 bits per heavy atom. The highest BCUT2D eigenvalue weighted by atomic mass is 35.5. The first-order valence-electron chi connectivity index (χ1n) is 8.01. The number of nitrogens with one attached hydrogen (secondary N) is 2. The number of hydrogen-bond donors (Lipinski definition) is 2. The summed E-state index contributed by atoms with van der Waals surface area (Å²) in [6.07, 6.45) is 6.49. The average Bonchev–Trinajstić information content (AvgIpc) is 3.06. The molecule has 2 N–H and O–H groups in total. The van der Waals surface area contributed by atoms with Crippen LogP contribution in [0, 0.1) is 11.7 Å². The van der Waals surface area contributed by atoms with Gasteiger partial charge in [-0.05, 0) is 62.5 Å². The summed E-state index contributed by atoms with van der Waals surface area (Å²) < 4.78 is 14.7. The van der Waals surface area contributed by atoms with Gasteiger partial charge in [0.2, 0.25) is 0 Å². The van der Waals surface area contributed by atoms with Crippen LogP contribution in [0.2, 0.25) is 0 Å². The van der Waals surface area contributed by atoms with Crippen LogP contribution in [0.15, 0.2) is 36.8 Å². The molecule has 1 atom stereocenters. The lowest BCUT2D eigenvalue weighted by atomic mass is 9.96. The molecule has 5 nitrogen and oxygen atoms in total. The topological polar surface area (TPSA) is 59.0 Å². The number of aromatic nitrogens is 2. The molecule has 1 aliphatic rings. The van der Waals surface area contributed by atoms with Gasteiger partial charge in [-0.15, -0.1) is 24.8 Å². The van der Waals surface area contributed by atoms with E-state index in [9.17, 15) is 9.18 Å². The lowest BCUT2D eigenvalue weighted by Gasteiger charge is -2.22. The highest BCUT2D eigenvalue weighted by molar-refractivity contribution is 5.92. The van der Waals surface area contributed by atoms with Crippen LogP contribution in [-0.2, 0) is 0 Å². The third kappa shape index (κ3) is 5.70. The zero-order chi connectivity index (χ0) is 16.1. The van der Waals surface area contributed by atoms with Crippen molar-refractivity contribution >= 4 is 30.7 Å². The predicted molar refractivity (Wildman–Crippen MR) is 101 cm³/mol. The Labute approximate surface area is 159 Å². The molecule has 0 radical (unpaired) electrons. The molecule has 1 unspecified atom stereocenters. The van der Waals surface area contributed by atoms with E-state index in [0.717, 1.165) is 19.5 Å². The van der Waals surface area contributed by atoms with Crippen molar-refractivity contribution in [3.63, 3.8) is 0 Å². The maximum absolute atomic E-state index is 13.0. The van der Waals surface area contributed by atoms with Crippen LogP contribution >= 0.6 is 24.8 Å². The van der Waals surface area contributed by atoms with Crippen molar-refractivity contribution < 1.29 is 9.18 Å². The molecule has 1 aromatic carbocycles. The van der Waals surface area contributed by atoms with Crippen molar-refractivity contribution in [2.24, 2.45) is 5.92 Å². The van der Waals surface area contributed by atoms with Crippen LogP contribution in [0.4, 0.5) is 4.39 Å². The van der Waals surface area contributed by atoms with Gasteiger partial charge in [0, 0.05) is 12.2 Å². The molecule has 2 heterocycles. The van der Waals surface area contributed by atoms with Gasteiger partial charge in [0.25, 0.3) is 5.91 Å². The predicted octanol–water partition coefficient (Wildman–Crippen LogP) is 2.97. The summed E-state index contributed by atoms with van der Waals surface area (Å²) in [6, 6.07) is 5.99. The first kappa shape index (κ1) is 21.4. The van der Waals surface area contributed by atoms with Crippen LogP contribution in [-0.4, -0.2) is 35.1 Å². The van der Waals surface area contributed by atoms with E-state index >= 15 is 0 Å². The zero-order valence-electron chi connectivity index (χ0n) is 13.8. The summed E-state index contributed by atoms with van der Waals surface area (Å²) >= 11 is 0. The van der Waals surface area contributed by atoms with Gasteiger partial charge < -0.3 is 10.6 Å². The molecule has 138 valence electrons. The monoisotopic (exact) mass is 388 g/mol. The first-order valence-corrected chi connectivity index (χ1v) is 8.01. The molecule has 0 saturated carbocycles. The van der Waals surface area contributed by atoms with E-state index in [1.54, 1.807) is 23.0 Å². The fourth-order valence-corrected chi connectivity index (χ4v) is 2.92. The molecular weight excluding hydrogens is 366 g/mol. The Hall–Kier alpha value is -1.63.